The van der Waals surface area contributed by atoms with Gasteiger partial charge in [0.1, 0.15) is 0 Å². The molecule has 3 N–H and O–H groups in total. The standard InChI is InChI=1S/C14H21N3O3S.ClH/c18-14(13-6-7-15-11-13)16-8-9-21(19,20)17-10-12-4-2-1-3-5-12;/h1-5,13,15,17H,6-11H2,(H,16,18);1H. The second-order valence-corrected chi connectivity index (χ2v) is 7.03. The van der Waals surface area contributed by atoms with Crippen molar-refractivity contribution in [2.75, 3.05) is 25.4 Å². The average molecular weight is 348 g/mol. The van der Waals surface area contributed by atoms with Gasteiger partial charge in [-0.25, -0.2) is 13.1 Å². The highest BCUT2D eigenvalue weighted by atomic mass is 35.5. The second-order valence-electron chi connectivity index (χ2n) is 5.11. The molecule has 1 aliphatic heterocycles. The van der Waals surface area contributed by atoms with Crippen molar-refractivity contribution in [2.45, 2.75) is 13.0 Å². The molecule has 1 fully saturated rings. The van der Waals surface area contributed by atoms with E-state index in [4.69, 9.17) is 0 Å². The van der Waals surface area contributed by atoms with Crippen molar-refractivity contribution in [2.24, 2.45) is 5.92 Å². The predicted molar refractivity (Wildman–Crippen MR) is 88.3 cm³/mol. The van der Waals surface area contributed by atoms with Gasteiger partial charge in [-0.1, -0.05) is 30.3 Å². The summed E-state index contributed by atoms with van der Waals surface area (Å²) in [6.07, 6.45) is 0.810. The molecule has 1 unspecified atom stereocenters. The van der Waals surface area contributed by atoms with Crippen LogP contribution < -0.4 is 15.4 Å². The monoisotopic (exact) mass is 347 g/mol. The lowest BCUT2D eigenvalue weighted by atomic mass is 10.1. The van der Waals surface area contributed by atoms with Gasteiger partial charge in [-0.15, -0.1) is 12.4 Å². The Morgan fingerprint density at radius 2 is 2.00 bits per heavy atom. The molecular formula is C14H22ClN3O3S. The van der Waals surface area contributed by atoms with E-state index < -0.39 is 10.0 Å². The van der Waals surface area contributed by atoms with Gasteiger partial charge in [0.15, 0.2) is 0 Å². The summed E-state index contributed by atoms with van der Waals surface area (Å²) in [6.45, 7) is 1.92. The molecule has 1 aliphatic rings. The quantitative estimate of drug-likeness (QED) is 0.660. The fourth-order valence-corrected chi connectivity index (χ4v) is 3.09. The fourth-order valence-electron chi connectivity index (χ4n) is 2.19. The van der Waals surface area contributed by atoms with E-state index in [0.29, 0.717) is 6.54 Å². The molecule has 0 aromatic heterocycles. The molecule has 1 aromatic carbocycles. The number of hydrogen-bond acceptors (Lipinski definition) is 4. The summed E-state index contributed by atoms with van der Waals surface area (Å²) in [5.74, 6) is -0.214. The van der Waals surface area contributed by atoms with Gasteiger partial charge < -0.3 is 10.6 Å². The smallest absolute Gasteiger partial charge is 0.224 e. The van der Waals surface area contributed by atoms with E-state index in [-0.39, 0.29) is 43.1 Å². The molecule has 22 heavy (non-hydrogen) atoms. The van der Waals surface area contributed by atoms with E-state index in [1.54, 1.807) is 0 Å². The van der Waals surface area contributed by atoms with E-state index in [2.05, 4.69) is 15.4 Å². The highest BCUT2D eigenvalue weighted by Gasteiger charge is 2.22. The maximum Gasteiger partial charge on any atom is 0.224 e. The Balaban J connectivity index is 0.00000242. The molecule has 8 heteroatoms. The van der Waals surface area contributed by atoms with Crippen LogP contribution in [0.15, 0.2) is 30.3 Å². The van der Waals surface area contributed by atoms with Gasteiger partial charge in [0.25, 0.3) is 0 Å². The number of hydrogen-bond donors (Lipinski definition) is 3. The lowest BCUT2D eigenvalue weighted by molar-refractivity contribution is -0.124. The zero-order valence-corrected chi connectivity index (χ0v) is 13.9. The minimum Gasteiger partial charge on any atom is -0.355 e. The fraction of sp³-hybridized carbons (Fsp3) is 0.500. The lowest BCUT2D eigenvalue weighted by Gasteiger charge is -2.10. The molecule has 1 saturated heterocycles. The molecule has 0 bridgehead atoms. The molecule has 1 amide bonds. The number of halogens is 1. The Morgan fingerprint density at radius 3 is 2.64 bits per heavy atom. The largest absolute Gasteiger partial charge is 0.355 e. The van der Waals surface area contributed by atoms with Gasteiger partial charge in [-0.2, -0.15) is 0 Å². The highest BCUT2D eigenvalue weighted by Crippen LogP contribution is 2.06. The van der Waals surface area contributed by atoms with Crippen molar-refractivity contribution < 1.29 is 13.2 Å². The first-order chi connectivity index (χ1) is 10.1. The van der Waals surface area contributed by atoms with E-state index in [9.17, 15) is 13.2 Å². The number of sulfonamides is 1. The summed E-state index contributed by atoms with van der Waals surface area (Å²) in [6, 6.07) is 9.32. The van der Waals surface area contributed by atoms with Crippen LogP contribution in [0.5, 0.6) is 0 Å². The SMILES string of the molecule is Cl.O=C(NCCS(=O)(=O)NCc1ccccc1)C1CCNC1. The normalized spacial score (nSPS) is 17.7. The Labute approximate surface area is 137 Å². The van der Waals surface area contributed by atoms with Crippen molar-refractivity contribution in [1.29, 1.82) is 0 Å². The molecule has 6 nitrogen and oxygen atoms in total. The number of benzene rings is 1. The van der Waals surface area contributed by atoms with Crippen LogP contribution in [0.4, 0.5) is 0 Å². The summed E-state index contributed by atoms with van der Waals surface area (Å²) in [4.78, 5) is 11.7. The van der Waals surface area contributed by atoms with Gasteiger partial charge in [0.2, 0.25) is 15.9 Å². The lowest BCUT2D eigenvalue weighted by Crippen LogP contribution is -2.37. The first kappa shape index (κ1) is 18.9. The zero-order valence-electron chi connectivity index (χ0n) is 12.2. The summed E-state index contributed by atoms with van der Waals surface area (Å²) in [7, 11) is -3.38. The van der Waals surface area contributed by atoms with Crippen molar-refractivity contribution in [1.82, 2.24) is 15.4 Å². The average Bonchev–Trinajstić information content (AvgIpc) is 3.00. The van der Waals surface area contributed by atoms with Gasteiger partial charge in [0.05, 0.1) is 11.7 Å². The van der Waals surface area contributed by atoms with Crippen molar-refractivity contribution >= 4 is 28.3 Å². The van der Waals surface area contributed by atoms with Crippen LogP contribution in [0.1, 0.15) is 12.0 Å². The van der Waals surface area contributed by atoms with Crippen LogP contribution >= 0.6 is 12.4 Å². The predicted octanol–water partition coefficient (Wildman–Crippen LogP) is 0.254. The molecule has 124 valence electrons. The Kier molecular flexibility index (Phi) is 7.81. The van der Waals surface area contributed by atoms with Crippen LogP contribution in [0.25, 0.3) is 0 Å². The first-order valence-electron chi connectivity index (χ1n) is 7.06. The summed E-state index contributed by atoms with van der Waals surface area (Å²) in [5, 5.41) is 5.79. The third-order valence-corrected chi connectivity index (χ3v) is 4.77. The minimum absolute atomic E-state index is 0. The summed E-state index contributed by atoms with van der Waals surface area (Å²) < 4.78 is 26.2. The van der Waals surface area contributed by atoms with Gasteiger partial charge in [0, 0.05) is 19.6 Å². The number of rotatable bonds is 7. The number of amides is 1. The van der Waals surface area contributed by atoms with Gasteiger partial charge in [-0.05, 0) is 18.5 Å². The van der Waals surface area contributed by atoms with Crippen LogP contribution in [0, 0.1) is 5.92 Å². The highest BCUT2D eigenvalue weighted by molar-refractivity contribution is 7.89. The van der Waals surface area contributed by atoms with Gasteiger partial charge >= 0.3 is 0 Å². The van der Waals surface area contributed by atoms with E-state index in [0.717, 1.165) is 18.5 Å². The molecule has 0 saturated carbocycles. The third kappa shape index (κ3) is 6.31. The molecule has 0 spiro atoms. The maximum atomic E-state index is 11.8. The Hall–Kier alpha value is -1.15. The van der Waals surface area contributed by atoms with E-state index in [1.807, 2.05) is 30.3 Å². The molecular weight excluding hydrogens is 326 g/mol. The molecule has 2 rings (SSSR count). The third-order valence-electron chi connectivity index (χ3n) is 3.44. The van der Waals surface area contributed by atoms with Crippen molar-refractivity contribution in [3.8, 4) is 0 Å². The number of carbonyl (C=O) groups excluding carboxylic acids is 1. The Morgan fingerprint density at radius 1 is 1.27 bits per heavy atom. The van der Waals surface area contributed by atoms with Crippen LogP contribution in [-0.2, 0) is 21.4 Å². The summed E-state index contributed by atoms with van der Waals surface area (Å²) in [5.41, 5.74) is 0.905. The molecule has 1 heterocycles. The number of nitrogens with one attached hydrogen (secondary N) is 3. The van der Waals surface area contributed by atoms with Crippen LogP contribution in [-0.4, -0.2) is 39.7 Å². The zero-order chi connectivity index (χ0) is 15.1. The van der Waals surface area contributed by atoms with Gasteiger partial charge in [-0.3, -0.25) is 4.79 Å². The first-order valence-corrected chi connectivity index (χ1v) is 8.72. The van der Waals surface area contributed by atoms with Crippen molar-refractivity contribution in [3.05, 3.63) is 35.9 Å². The van der Waals surface area contributed by atoms with E-state index >= 15 is 0 Å². The van der Waals surface area contributed by atoms with Crippen LogP contribution in [0.3, 0.4) is 0 Å². The second kappa shape index (κ2) is 9.09. The topological polar surface area (TPSA) is 87.3 Å². The maximum absolute atomic E-state index is 11.8. The molecule has 0 radical (unpaired) electrons. The number of carbonyl (C=O) groups is 1. The molecule has 1 atom stereocenters. The summed E-state index contributed by atoms with van der Waals surface area (Å²) >= 11 is 0. The molecule has 0 aliphatic carbocycles. The minimum atomic E-state index is -3.38. The Bertz CT molecular complexity index is 560. The van der Waals surface area contributed by atoms with E-state index in [1.165, 1.54) is 0 Å². The van der Waals surface area contributed by atoms with Crippen molar-refractivity contribution in [3.63, 3.8) is 0 Å². The molecule has 1 aromatic rings. The van der Waals surface area contributed by atoms with Crippen LogP contribution in [0.2, 0.25) is 0 Å².